The molecule has 4 rings (SSSR count). The Balaban J connectivity index is 0.00000171. The summed E-state index contributed by atoms with van der Waals surface area (Å²) in [5, 5.41) is 5.93. The summed E-state index contributed by atoms with van der Waals surface area (Å²) in [5.74, 6) is 1.04. The molecule has 2 bridgehead atoms. The Morgan fingerprint density at radius 2 is 1.71 bits per heavy atom. The first-order valence-corrected chi connectivity index (χ1v) is 10.4. The minimum Gasteiger partial charge on any atom is -0.352 e. The van der Waals surface area contributed by atoms with Crippen molar-refractivity contribution < 1.29 is 9.59 Å². The molecule has 0 aliphatic heterocycles. The fourth-order valence-corrected chi connectivity index (χ4v) is 4.74. The van der Waals surface area contributed by atoms with Crippen LogP contribution in [0.5, 0.6) is 0 Å². The molecule has 1 aromatic heterocycles. The van der Waals surface area contributed by atoms with E-state index in [1.165, 1.54) is 12.6 Å². The monoisotopic (exact) mass is 464 g/mol. The molecule has 1 aromatic carbocycles. The van der Waals surface area contributed by atoms with Gasteiger partial charge in [0.2, 0.25) is 5.91 Å². The number of nitrogens with one attached hydrogen (secondary N) is 2. The molecule has 8 heteroatoms. The molecule has 2 amide bonds. The van der Waals surface area contributed by atoms with Gasteiger partial charge in [-0.05, 0) is 67.3 Å². The largest absolute Gasteiger partial charge is 0.352 e. The quantitative estimate of drug-likeness (QED) is 0.623. The van der Waals surface area contributed by atoms with Crippen molar-refractivity contribution in [3.8, 4) is 0 Å². The van der Waals surface area contributed by atoms with Crippen molar-refractivity contribution in [2.75, 3.05) is 5.32 Å². The smallest absolute Gasteiger partial charge is 0.257 e. The molecule has 1 heterocycles. The van der Waals surface area contributed by atoms with Crippen molar-refractivity contribution in [2.24, 2.45) is 23.5 Å². The fourth-order valence-electron chi connectivity index (χ4n) is 4.74. The second-order valence-corrected chi connectivity index (χ2v) is 8.31. The number of hydrogen-bond acceptors (Lipinski definition) is 4. The van der Waals surface area contributed by atoms with Gasteiger partial charge in [0.1, 0.15) is 0 Å². The molecular formula is C23H30Cl2N4O2. The number of nitrogens with zero attached hydrogens (tertiary/aromatic N) is 1. The van der Waals surface area contributed by atoms with Crippen LogP contribution in [0.3, 0.4) is 0 Å². The third-order valence-corrected chi connectivity index (χ3v) is 6.39. The number of aromatic nitrogens is 1. The van der Waals surface area contributed by atoms with Gasteiger partial charge in [0.15, 0.2) is 0 Å². The predicted octanol–water partition coefficient (Wildman–Crippen LogP) is 3.95. The molecule has 2 atom stereocenters. The highest BCUT2D eigenvalue weighted by Crippen LogP contribution is 2.41. The first kappa shape index (κ1) is 25.1. The van der Waals surface area contributed by atoms with Crippen LogP contribution in [-0.4, -0.2) is 22.8 Å². The molecule has 4 N–H and O–H groups in total. The van der Waals surface area contributed by atoms with Crippen LogP contribution >= 0.6 is 24.8 Å². The van der Waals surface area contributed by atoms with Crippen molar-refractivity contribution in [3.05, 3.63) is 59.9 Å². The summed E-state index contributed by atoms with van der Waals surface area (Å²) in [6.45, 7) is 0.494. The van der Waals surface area contributed by atoms with E-state index in [1.54, 1.807) is 18.3 Å². The summed E-state index contributed by atoms with van der Waals surface area (Å²) >= 11 is 0. The lowest BCUT2D eigenvalue weighted by Crippen LogP contribution is -2.49. The molecule has 2 aliphatic carbocycles. The number of fused-ring (bicyclic) bond motifs is 2. The second kappa shape index (κ2) is 11.5. The summed E-state index contributed by atoms with van der Waals surface area (Å²) in [6.07, 6.45) is 8.58. The molecule has 0 saturated heterocycles. The highest BCUT2D eigenvalue weighted by molar-refractivity contribution is 6.04. The molecule has 2 fully saturated rings. The summed E-state index contributed by atoms with van der Waals surface area (Å²) in [7, 11) is 0. The maximum atomic E-state index is 12.7. The van der Waals surface area contributed by atoms with Gasteiger partial charge in [-0.25, -0.2) is 0 Å². The Labute approximate surface area is 195 Å². The van der Waals surface area contributed by atoms with Crippen molar-refractivity contribution in [1.82, 2.24) is 10.3 Å². The van der Waals surface area contributed by atoms with Gasteiger partial charge in [0, 0.05) is 36.6 Å². The van der Waals surface area contributed by atoms with E-state index in [0.29, 0.717) is 29.6 Å². The lowest BCUT2D eigenvalue weighted by atomic mass is 9.65. The maximum absolute atomic E-state index is 12.7. The van der Waals surface area contributed by atoms with Gasteiger partial charge in [-0.3, -0.25) is 14.6 Å². The first-order valence-electron chi connectivity index (χ1n) is 10.4. The van der Waals surface area contributed by atoms with E-state index in [9.17, 15) is 9.59 Å². The number of rotatable bonds is 5. The number of pyridine rings is 1. The SMILES string of the molecule is Cl.Cl.NC1C2CCCC1CC(C(=O)NCc1ccc(NC(=O)c3cccnc3)cc1)C2. The van der Waals surface area contributed by atoms with Gasteiger partial charge in [0.25, 0.3) is 5.91 Å². The Morgan fingerprint density at radius 3 is 2.32 bits per heavy atom. The van der Waals surface area contributed by atoms with Gasteiger partial charge in [0.05, 0.1) is 5.56 Å². The molecule has 0 spiro atoms. The standard InChI is InChI=1S/C23H28N4O2.2ClH/c24-21-16-3-1-4-17(21)12-19(11-16)22(28)26-13-15-6-8-20(9-7-15)27-23(29)18-5-2-10-25-14-18;;/h2,5-10,14,16-17,19,21H,1,3-4,11-13,24H2,(H,26,28)(H,27,29);2*1H. The van der Waals surface area contributed by atoms with Crippen LogP contribution in [0.2, 0.25) is 0 Å². The fraction of sp³-hybridized carbons (Fsp3) is 0.435. The summed E-state index contributed by atoms with van der Waals surface area (Å²) in [6, 6.07) is 11.3. The van der Waals surface area contributed by atoms with Crippen LogP contribution in [0.1, 0.15) is 48.0 Å². The minimum atomic E-state index is -0.194. The zero-order valence-corrected chi connectivity index (χ0v) is 19.0. The Bertz CT molecular complexity index is 850. The summed E-state index contributed by atoms with van der Waals surface area (Å²) < 4.78 is 0. The Hall–Kier alpha value is -2.15. The number of nitrogens with two attached hydrogens (primary N) is 1. The van der Waals surface area contributed by atoms with Gasteiger partial charge in [-0.15, -0.1) is 24.8 Å². The minimum absolute atomic E-state index is 0. The van der Waals surface area contributed by atoms with Crippen LogP contribution in [-0.2, 0) is 11.3 Å². The highest BCUT2D eigenvalue weighted by atomic mass is 35.5. The van der Waals surface area contributed by atoms with Crippen molar-refractivity contribution in [3.63, 3.8) is 0 Å². The molecule has 2 unspecified atom stereocenters. The third kappa shape index (κ3) is 6.19. The lowest BCUT2D eigenvalue weighted by molar-refractivity contribution is -0.128. The number of benzene rings is 1. The third-order valence-electron chi connectivity index (χ3n) is 6.39. The van der Waals surface area contributed by atoms with Gasteiger partial charge >= 0.3 is 0 Å². The van der Waals surface area contributed by atoms with Gasteiger partial charge < -0.3 is 16.4 Å². The summed E-state index contributed by atoms with van der Waals surface area (Å²) in [4.78, 5) is 28.8. The van der Waals surface area contributed by atoms with Gasteiger partial charge in [-0.2, -0.15) is 0 Å². The highest BCUT2D eigenvalue weighted by Gasteiger charge is 2.40. The molecule has 2 aromatic rings. The topological polar surface area (TPSA) is 97.1 Å². The maximum Gasteiger partial charge on any atom is 0.257 e. The van der Waals surface area contributed by atoms with E-state index in [0.717, 1.165) is 31.2 Å². The van der Waals surface area contributed by atoms with E-state index < -0.39 is 0 Å². The zero-order valence-electron chi connectivity index (χ0n) is 17.3. The van der Waals surface area contributed by atoms with E-state index in [4.69, 9.17) is 5.73 Å². The molecule has 2 saturated carbocycles. The predicted molar refractivity (Wildman–Crippen MR) is 127 cm³/mol. The average molecular weight is 465 g/mol. The Morgan fingerprint density at radius 1 is 1.03 bits per heavy atom. The molecular weight excluding hydrogens is 435 g/mol. The number of carbonyl (C=O) groups is 2. The first-order chi connectivity index (χ1) is 14.1. The summed E-state index contributed by atoms with van der Waals surface area (Å²) in [5.41, 5.74) is 8.56. The normalized spacial score (nSPS) is 24.2. The van der Waals surface area contributed by atoms with Crippen molar-refractivity contribution in [1.29, 1.82) is 0 Å². The number of anilines is 1. The van der Waals surface area contributed by atoms with Crippen LogP contribution < -0.4 is 16.4 Å². The van der Waals surface area contributed by atoms with E-state index in [-0.39, 0.29) is 48.6 Å². The van der Waals surface area contributed by atoms with E-state index >= 15 is 0 Å². The van der Waals surface area contributed by atoms with Crippen LogP contribution in [0.25, 0.3) is 0 Å². The second-order valence-electron chi connectivity index (χ2n) is 8.31. The van der Waals surface area contributed by atoms with E-state index in [2.05, 4.69) is 15.6 Å². The molecule has 168 valence electrons. The van der Waals surface area contributed by atoms with Crippen LogP contribution in [0, 0.1) is 17.8 Å². The number of carbonyl (C=O) groups excluding carboxylic acids is 2. The average Bonchev–Trinajstić information content (AvgIpc) is 2.73. The van der Waals surface area contributed by atoms with Crippen molar-refractivity contribution in [2.45, 2.75) is 44.7 Å². The van der Waals surface area contributed by atoms with Crippen LogP contribution in [0.4, 0.5) is 5.69 Å². The molecule has 31 heavy (non-hydrogen) atoms. The molecule has 6 nitrogen and oxygen atoms in total. The Kier molecular flexibility index (Phi) is 9.29. The molecule has 2 aliphatic rings. The molecule has 0 radical (unpaired) electrons. The number of halogens is 2. The number of amides is 2. The number of hydrogen-bond donors (Lipinski definition) is 3. The van der Waals surface area contributed by atoms with Crippen molar-refractivity contribution >= 4 is 42.3 Å². The zero-order chi connectivity index (χ0) is 20.2. The van der Waals surface area contributed by atoms with E-state index in [1.807, 2.05) is 24.3 Å². The lowest BCUT2D eigenvalue weighted by Gasteiger charge is -2.43. The van der Waals surface area contributed by atoms with Gasteiger partial charge in [-0.1, -0.05) is 18.6 Å². The van der Waals surface area contributed by atoms with Crippen LogP contribution in [0.15, 0.2) is 48.8 Å².